The summed E-state index contributed by atoms with van der Waals surface area (Å²) in [7, 11) is 3.76. The van der Waals surface area contributed by atoms with Gasteiger partial charge in [-0.2, -0.15) is 0 Å². The molecule has 1 aromatic heterocycles. The monoisotopic (exact) mass is 331 g/mol. The van der Waals surface area contributed by atoms with Gasteiger partial charge in [-0.15, -0.1) is 0 Å². The molecule has 2 N–H and O–H groups in total. The number of nitrogens with one attached hydrogen (secondary N) is 2. The highest BCUT2D eigenvalue weighted by molar-refractivity contribution is 5.98. The molecule has 1 atom stereocenters. The lowest BCUT2D eigenvalue weighted by Gasteiger charge is -2.49. The third-order valence-corrected chi connectivity index (χ3v) is 5.29. The predicted molar refractivity (Wildman–Crippen MR) is 92.1 cm³/mol. The first-order chi connectivity index (χ1) is 11.6. The fourth-order valence-corrected chi connectivity index (χ4v) is 3.74. The Labute approximate surface area is 142 Å². The molecule has 2 aliphatic rings. The molecule has 0 unspecified atom stereocenters. The van der Waals surface area contributed by atoms with Crippen LogP contribution in [0.25, 0.3) is 0 Å². The van der Waals surface area contributed by atoms with Crippen molar-refractivity contribution in [3.63, 3.8) is 0 Å². The number of carbonyl (C=O) groups is 2. The number of likely N-dealkylation sites (N-methyl/N-ethyl adjacent to an activating group) is 1. The maximum Gasteiger partial charge on any atom is 0.254 e. The summed E-state index contributed by atoms with van der Waals surface area (Å²) in [6.45, 7) is 3.18. The zero-order valence-electron chi connectivity index (χ0n) is 14.3. The molecular formula is C17H25N5O2. The summed E-state index contributed by atoms with van der Waals surface area (Å²) in [5.74, 6) is 0.734. The number of pyridine rings is 1. The number of rotatable bonds is 2. The van der Waals surface area contributed by atoms with Crippen LogP contribution in [0, 0.1) is 0 Å². The first-order valence-electron chi connectivity index (χ1n) is 8.46. The molecule has 1 spiro atoms. The van der Waals surface area contributed by atoms with Gasteiger partial charge in [-0.1, -0.05) is 0 Å². The average Bonchev–Trinajstić information content (AvgIpc) is 2.79. The lowest BCUT2D eigenvalue weighted by Crippen LogP contribution is -2.61. The van der Waals surface area contributed by atoms with E-state index in [0.29, 0.717) is 18.5 Å². The molecule has 3 rings (SSSR count). The fourth-order valence-electron chi connectivity index (χ4n) is 3.74. The van der Waals surface area contributed by atoms with Gasteiger partial charge in [0.05, 0.1) is 5.56 Å². The summed E-state index contributed by atoms with van der Waals surface area (Å²) in [5, 5.41) is 5.65. The summed E-state index contributed by atoms with van der Waals surface area (Å²) in [6.07, 6.45) is 4.01. The minimum absolute atomic E-state index is 0.0606. The summed E-state index contributed by atoms with van der Waals surface area (Å²) >= 11 is 0. The second-order valence-corrected chi connectivity index (χ2v) is 6.62. The van der Waals surface area contributed by atoms with Crippen LogP contribution < -0.4 is 15.5 Å². The minimum Gasteiger partial charge on any atom is -0.356 e. The first kappa shape index (κ1) is 16.7. The van der Waals surface area contributed by atoms with Crippen LogP contribution in [0.1, 0.15) is 29.6 Å². The normalized spacial score (nSPS) is 25.2. The van der Waals surface area contributed by atoms with Crippen molar-refractivity contribution in [1.29, 1.82) is 0 Å². The van der Waals surface area contributed by atoms with Gasteiger partial charge in [-0.25, -0.2) is 4.98 Å². The molecule has 24 heavy (non-hydrogen) atoms. The number of hydrogen-bond donors (Lipinski definition) is 2. The van der Waals surface area contributed by atoms with Crippen molar-refractivity contribution >= 4 is 17.6 Å². The van der Waals surface area contributed by atoms with Crippen LogP contribution in [0.4, 0.5) is 5.82 Å². The Balaban J connectivity index is 1.88. The number of anilines is 1. The highest BCUT2D eigenvalue weighted by Gasteiger charge is 2.41. The molecule has 0 bridgehead atoms. The number of amides is 2. The Hall–Kier alpha value is -2.15. The number of nitrogens with zero attached hydrogens (tertiary/aromatic N) is 3. The Morgan fingerprint density at radius 3 is 3.00 bits per heavy atom. The molecule has 0 aliphatic carbocycles. The predicted octanol–water partition coefficient (Wildman–Crippen LogP) is 0.232. The van der Waals surface area contributed by atoms with Crippen molar-refractivity contribution in [3.8, 4) is 0 Å². The largest absolute Gasteiger partial charge is 0.356 e. The van der Waals surface area contributed by atoms with Gasteiger partial charge < -0.3 is 15.5 Å². The smallest absolute Gasteiger partial charge is 0.254 e. The van der Waals surface area contributed by atoms with E-state index in [4.69, 9.17) is 0 Å². The third kappa shape index (κ3) is 3.08. The van der Waals surface area contributed by atoms with Crippen LogP contribution in [-0.4, -0.2) is 67.5 Å². The number of carbonyl (C=O) groups excluding carboxylic acids is 2. The highest BCUT2D eigenvalue weighted by Crippen LogP contribution is 2.32. The average molecular weight is 331 g/mol. The fraction of sp³-hybridized carbons (Fsp3) is 0.588. The van der Waals surface area contributed by atoms with E-state index in [9.17, 15) is 9.59 Å². The van der Waals surface area contributed by atoms with Crippen LogP contribution in [-0.2, 0) is 4.79 Å². The van der Waals surface area contributed by atoms with E-state index in [1.165, 1.54) is 0 Å². The summed E-state index contributed by atoms with van der Waals surface area (Å²) in [5.41, 5.74) is 0.539. The Bertz CT molecular complexity index is 635. The third-order valence-electron chi connectivity index (χ3n) is 5.29. The molecular weight excluding hydrogens is 306 g/mol. The van der Waals surface area contributed by atoms with E-state index in [0.717, 1.165) is 38.3 Å². The quantitative estimate of drug-likeness (QED) is 0.811. The van der Waals surface area contributed by atoms with E-state index in [-0.39, 0.29) is 17.4 Å². The van der Waals surface area contributed by atoms with Gasteiger partial charge in [0, 0.05) is 51.4 Å². The van der Waals surface area contributed by atoms with Gasteiger partial charge in [0.2, 0.25) is 5.91 Å². The molecule has 7 nitrogen and oxygen atoms in total. The van der Waals surface area contributed by atoms with Gasteiger partial charge in [0.1, 0.15) is 5.82 Å². The van der Waals surface area contributed by atoms with E-state index in [1.807, 2.05) is 6.07 Å². The van der Waals surface area contributed by atoms with Crippen molar-refractivity contribution in [2.45, 2.75) is 24.8 Å². The van der Waals surface area contributed by atoms with Crippen molar-refractivity contribution in [2.24, 2.45) is 0 Å². The number of hydrogen-bond acceptors (Lipinski definition) is 5. The molecule has 2 aliphatic heterocycles. The van der Waals surface area contributed by atoms with Crippen molar-refractivity contribution in [3.05, 3.63) is 23.9 Å². The van der Waals surface area contributed by atoms with Crippen molar-refractivity contribution < 1.29 is 9.59 Å². The number of piperazine rings is 1. The van der Waals surface area contributed by atoms with E-state index >= 15 is 0 Å². The summed E-state index contributed by atoms with van der Waals surface area (Å²) in [4.78, 5) is 32.9. The Morgan fingerprint density at radius 1 is 1.38 bits per heavy atom. The van der Waals surface area contributed by atoms with Crippen LogP contribution in [0.2, 0.25) is 0 Å². The maximum atomic E-state index is 12.2. The Kier molecular flexibility index (Phi) is 4.71. The molecule has 0 aromatic carbocycles. The van der Waals surface area contributed by atoms with E-state index in [2.05, 4.69) is 32.5 Å². The second kappa shape index (κ2) is 6.76. The lowest BCUT2D eigenvalue weighted by atomic mass is 9.86. The van der Waals surface area contributed by atoms with Gasteiger partial charge in [0.15, 0.2) is 0 Å². The standard InChI is InChI=1S/C17H25N5O2/c1-18-16(24)13-4-3-8-20-15(13)22-11-10-21(2)17(12-22)6-5-14(23)19-9-7-17/h3-4,8H,5-7,9-12H2,1-2H3,(H,18,24)(H,19,23)/t17-/m1/s1. The zero-order chi connectivity index (χ0) is 17.2. The number of aromatic nitrogens is 1. The van der Waals surface area contributed by atoms with Gasteiger partial charge in [-0.05, 0) is 32.0 Å². The van der Waals surface area contributed by atoms with E-state index < -0.39 is 0 Å². The van der Waals surface area contributed by atoms with Gasteiger partial charge in [0.25, 0.3) is 5.91 Å². The molecule has 3 heterocycles. The van der Waals surface area contributed by atoms with Crippen LogP contribution in [0.5, 0.6) is 0 Å². The molecule has 2 saturated heterocycles. The molecule has 0 saturated carbocycles. The minimum atomic E-state index is -0.121. The topological polar surface area (TPSA) is 77.6 Å². The van der Waals surface area contributed by atoms with E-state index in [1.54, 1.807) is 19.3 Å². The second-order valence-electron chi connectivity index (χ2n) is 6.62. The van der Waals surface area contributed by atoms with Crippen LogP contribution in [0.3, 0.4) is 0 Å². The zero-order valence-corrected chi connectivity index (χ0v) is 14.3. The molecule has 2 fully saturated rings. The maximum absolute atomic E-state index is 12.2. The molecule has 7 heteroatoms. The molecule has 0 radical (unpaired) electrons. The van der Waals surface area contributed by atoms with Crippen LogP contribution >= 0.6 is 0 Å². The van der Waals surface area contributed by atoms with Crippen molar-refractivity contribution in [2.75, 3.05) is 45.2 Å². The molecule has 130 valence electrons. The highest BCUT2D eigenvalue weighted by atomic mass is 16.2. The van der Waals surface area contributed by atoms with Gasteiger partial charge in [-0.3, -0.25) is 14.5 Å². The Morgan fingerprint density at radius 2 is 2.21 bits per heavy atom. The lowest BCUT2D eigenvalue weighted by molar-refractivity contribution is -0.120. The summed E-state index contributed by atoms with van der Waals surface area (Å²) < 4.78 is 0. The van der Waals surface area contributed by atoms with Gasteiger partial charge >= 0.3 is 0 Å². The first-order valence-corrected chi connectivity index (χ1v) is 8.46. The van der Waals surface area contributed by atoms with Crippen molar-refractivity contribution in [1.82, 2.24) is 20.5 Å². The molecule has 2 amide bonds. The van der Waals surface area contributed by atoms with Crippen LogP contribution in [0.15, 0.2) is 18.3 Å². The SMILES string of the molecule is CNC(=O)c1cccnc1N1CCN(C)[C@]2(CCNC(=O)CC2)C1. The molecule has 1 aromatic rings. The summed E-state index contributed by atoms with van der Waals surface area (Å²) in [6, 6.07) is 3.60.